The van der Waals surface area contributed by atoms with Crippen LogP contribution in [0.1, 0.15) is 390 Å². The molecule has 10 heteroatoms. The van der Waals surface area contributed by atoms with Crippen molar-refractivity contribution in [1.82, 2.24) is 5.32 Å². The van der Waals surface area contributed by atoms with E-state index in [1.165, 1.54) is 254 Å². The highest BCUT2D eigenvalue weighted by molar-refractivity contribution is 6.45. The topological polar surface area (TPSA) is 133 Å². The third kappa shape index (κ3) is 22.9. The maximum absolute atomic E-state index is 14.8. The number of carbonyl (C=O) groups excluding carboxylic acids is 6. The molecule has 11 rings (SSSR count). The molecule has 2 heterocycles. The fraction of sp³-hybridized carbons (Fsp3) is 0.510. The number of unbranched alkanes of at least 4 members (excludes halogenated alkanes) is 36. The largest absolute Gasteiger partial charge is 0.356 e. The van der Waals surface area contributed by atoms with Crippen LogP contribution < -0.4 is 20.4 Å². The molecule has 9 aromatic carbocycles. The molecule has 2 N–H and O–H groups in total. The van der Waals surface area contributed by atoms with Gasteiger partial charge in [-0.2, -0.15) is 0 Å². The van der Waals surface area contributed by atoms with Crippen LogP contribution in [0.4, 0.5) is 22.7 Å². The van der Waals surface area contributed by atoms with E-state index in [-0.39, 0.29) is 17.7 Å². The summed E-state index contributed by atoms with van der Waals surface area (Å²) >= 11 is 0. The number of hydrogen-bond acceptors (Lipinski definition) is 7. The minimum absolute atomic E-state index is 0.0317. The van der Waals surface area contributed by atoms with Crippen molar-refractivity contribution in [3.63, 3.8) is 0 Å². The number of imide groups is 2. The molecular formula is C102H132N4O6. The van der Waals surface area contributed by atoms with Crippen LogP contribution in [-0.2, 0) is 6.42 Å². The third-order valence-electron chi connectivity index (χ3n) is 24.6. The summed E-state index contributed by atoms with van der Waals surface area (Å²) in [6.07, 6.45) is 57.9. The summed E-state index contributed by atoms with van der Waals surface area (Å²) < 4.78 is 0. The highest BCUT2D eigenvalue weighted by atomic mass is 16.2. The quantitative estimate of drug-likeness (QED) is 0.0128. The molecular weight excluding hydrogens is 1380 g/mol. The highest BCUT2D eigenvalue weighted by Gasteiger charge is 2.38. The van der Waals surface area contributed by atoms with Gasteiger partial charge in [0.05, 0.1) is 11.4 Å². The molecule has 9 aromatic rings. The second-order valence-corrected chi connectivity index (χ2v) is 33.4. The molecule has 0 saturated carbocycles. The fourth-order valence-corrected chi connectivity index (χ4v) is 18.0. The molecule has 112 heavy (non-hydrogen) atoms. The Morgan fingerprint density at radius 3 is 0.902 bits per heavy atom. The Bertz CT molecular complexity index is 4010. The molecule has 0 unspecified atom stereocenters. The Morgan fingerprint density at radius 2 is 0.571 bits per heavy atom. The Hall–Kier alpha value is -8.50. The molecule has 596 valence electrons. The van der Waals surface area contributed by atoms with Crippen molar-refractivity contribution in [2.75, 3.05) is 15.1 Å². The number of Topliss-reactive ketones (excluding diaryl/α,β-unsaturated/α-hetero) is 1. The molecule has 0 saturated heterocycles. The number of carbonyl (C=O) groups is 6. The van der Waals surface area contributed by atoms with E-state index in [2.05, 4.69) is 50.5 Å². The van der Waals surface area contributed by atoms with Crippen molar-refractivity contribution in [2.45, 2.75) is 329 Å². The molecule has 0 radical (unpaired) electrons. The van der Waals surface area contributed by atoms with Crippen LogP contribution in [0.2, 0.25) is 0 Å². The van der Waals surface area contributed by atoms with Gasteiger partial charge >= 0.3 is 0 Å². The normalized spacial score (nSPS) is 12.9. The molecule has 0 spiro atoms. The van der Waals surface area contributed by atoms with Gasteiger partial charge in [0, 0.05) is 68.0 Å². The van der Waals surface area contributed by atoms with Crippen LogP contribution in [-0.4, -0.2) is 41.4 Å². The number of nitrogens with zero attached hydrogens (tertiary/aromatic N) is 2. The van der Waals surface area contributed by atoms with Gasteiger partial charge in [-0.1, -0.05) is 358 Å². The average molecular weight is 1510 g/mol. The summed E-state index contributed by atoms with van der Waals surface area (Å²) in [6.45, 7) is 9.10. The van der Waals surface area contributed by atoms with E-state index in [1.54, 1.807) is 24.3 Å². The Labute approximate surface area is 671 Å². The number of ketones is 1. The second-order valence-electron chi connectivity index (χ2n) is 33.4. The minimum Gasteiger partial charge on any atom is -0.356 e. The number of fused-ring (bicyclic) bond motifs is 2. The van der Waals surface area contributed by atoms with Crippen LogP contribution in [0.5, 0.6) is 0 Å². The zero-order chi connectivity index (χ0) is 78.2. The molecule has 0 aromatic heterocycles. The maximum Gasteiger partial charge on any atom is 0.265 e. The molecule has 10 nitrogen and oxygen atoms in total. The predicted molar refractivity (Wildman–Crippen MR) is 471 cm³/mol. The van der Waals surface area contributed by atoms with Crippen LogP contribution >= 0.6 is 0 Å². The third-order valence-corrected chi connectivity index (χ3v) is 24.6. The molecule has 2 aliphatic rings. The van der Waals surface area contributed by atoms with Crippen molar-refractivity contribution in [2.24, 2.45) is 5.92 Å². The summed E-state index contributed by atoms with van der Waals surface area (Å²) in [7, 11) is 0. The highest BCUT2D eigenvalue weighted by Crippen LogP contribution is 2.47. The van der Waals surface area contributed by atoms with Gasteiger partial charge in [0.25, 0.3) is 29.5 Å². The summed E-state index contributed by atoms with van der Waals surface area (Å²) in [5.74, 6) is -1.01. The summed E-state index contributed by atoms with van der Waals surface area (Å²) in [4.78, 5) is 89.5. The first kappa shape index (κ1) is 84.4. The van der Waals surface area contributed by atoms with E-state index in [9.17, 15) is 28.8 Å². The SMILES string of the molecule is CCCCCCCCCCCCC(CCCCCCCCCCCC)CC(=O)c1ccc(Cc2ccc(N3C(=O)c4ccc5c6ccc7c8c(ccc(c9ccc(c4c59)C3=O)c86)C(=O)N(c3ccc(Nc4ccc(C(=O)NC(CCCCCCCCCCCC)CCCCCCCCCCCC)cc4)cc3)C7=O)cc2)cc1. The van der Waals surface area contributed by atoms with Gasteiger partial charge in [0.2, 0.25) is 0 Å². The molecule has 0 fully saturated rings. The van der Waals surface area contributed by atoms with Crippen LogP contribution in [0.25, 0.3) is 43.1 Å². The van der Waals surface area contributed by atoms with Gasteiger partial charge in [-0.3, -0.25) is 28.8 Å². The van der Waals surface area contributed by atoms with Gasteiger partial charge in [-0.05, 0) is 154 Å². The van der Waals surface area contributed by atoms with Gasteiger partial charge in [-0.15, -0.1) is 0 Å². The van der Waals surface area contributed by atoms with E-state index < -0.39 is 23.6 Å². The molecule has 0 atom stereocenters. The lowest BCUT2D eigenvalue weighted by Gasteiger charge is -2.30. The monoisotopic (exact) mass is 1510 g/mol. The number of benzene rings is 9. The van der Waals surface area contributed by atoms with Gasteiger partial charge in [-0.25, -0.2) is 9.80 Å². The number of anilines is 4. The standard InChI is InChI=1S/C102H132N4O6/c1-5-9-13-17-21-25-29-33-37-41-45-75(46-42-38-34-30-26-22-18-14-10-6-2)74-93(107)78-53-49-76(50-54-78)73-77-51-61-83(62-52-77)105-99(109)89-69-65-85-87-67-71-91-97-92(72-68-88(95(87)97)86-66-70-90(100(105)110)96(89)94(85)86)102(112)106(101(91)111)84-63-59-82(60-64-84)103-81-57-55-79(56-58-81)98(108)104-80(47-43-39-35-31-27-23-19-15-11-7-3)48-44-40-36-32-28-24-20-16-12-8-4/h49-72,75,80,103H,5-48,73-74H2,1-4H3,(H,104,108). The molecule has 0 aliphatic carbocycles. The zero-order valence-electron chi connectivity index (χ0n) is 68.9. The molecule has 5 amide bonds. The van der Waals surface area contributed by atoms with Crippen molar-refractivity contribution in [1.29, 1.82) is 0 Å². The van der Waals surface area contributed by atoms with Gasteiger partial charge in [0.1, 0.15) is 0 Å². The number of nitrogens with one attached hydrogen (secondary N) is 2. The average Bonchev–Trinajstić information content (AvgIpc) is 0.689. The first-order valence-corrected chi connectivity index (χ1v) is 45.0. The first-order chi connectivity index (χ1) is 55.0. The van der Waals surface area contributed by atoms with Crippen molar-refractivity contribution in [3.8, 4) is 0 Å². The van der Waals surface area contributed by atoms with Crippen molar-refractivity contribution >= 4 is 101 Å². The van der Waals surface area contributed by atoms with E-state index in [1.807, 2.05) is 109 Å². The first-order valence-electron chi connectivity index (χ1n) is 45.0. The van der Waals surface area contributed by atoms with Crippen molar-refractivity contribution in [3.05, 3.63) is 190 Å². The predicted octanol–water partition coefficient (Wildman–Crippen LogP) is 29.2. The molecule has 0 bridgehead atoms. The summed E-state index contributed by atoms with van der Waals surface area (Å²) in [5.41, 5.74) is 7.72. The lowest BCUT2D eigenvalue weighted by atomic mass is 9.82. The van der Waals surface area contributed by atoms with E-state index >= 15 is 0 Å². The number of amides is 5. The Balaban J connectivity index is 0.694. The lowest BCUT2D eigenvalue weighted by Crippen LogP contribution is -2.40. The van der Waals surface area contributed by atoms with Crippen LogP contribution in [0.3, 0.4) is 0 Å². The van der Waals surface area contributed by atoms with Crippen LogP contribution in [0.15, 0.2) is 146 Å². The van der Waals surface area contributed by atoms with E-state index in [0.717, 1.165) is 98.9 Å². The van der Waals surface area contributed by atoms with Crippen LogP contribution in [0, 0.1) is 5.92 Å². The summed E-state index contributed by atoms with van der Waals surface area (Å²) in [6, 6.07) is 45.8. The Kier molecular flexibility index (Phi) is 33.8. The molecule has 2 aliphatic heterocycles. The van der Waals surface area contributed by atoms with Gasteiger partial charge < -0.3 is 10.6 Å². The maximum atomic E-state index is 14.8. The zero-order valence-corrected chi connectivity index (χ0v) is 68.9. The number of hydrogen-bond donors (Lipinski definition) is 2. The Morgan fingerprint density at radius 1 is 0.295 bits per heavy atom. The minimum atomic E-state index is -0.421. The summed E-state index contributed by atoms with van der Waals surface area (Å²) in [5, 5.41) is 13.0. The lowest BCUT2D eigenvalue weighted by molar-refractivity contribution is 0.0877. The van der Waals surface area contributed by atoms with E-state index in [0.29, 0.717) is 68.7 Å². The smallest absolute Gasteiger partial charge is 0.265 e. The van der Waals surface area contributed by atoms with Gasteiger partial charge in [0.15, 0.2) is 5.78 Å². The van der Waals surface area contributed by atoms with Crippen molar-refractivity contribution < 1.29 is 28.8 Å². The van der Waals surface area contributed by atoms with E-state index in [4.69, 9.17) is 0 Å². The fourth-order valence-electron chi connectivity index (χ4n) is 18.0. The second kappa shape index (κ2) is 44.8. The number of rotatable bonds is 55.